The van der Waals surface area contributed by atoms with Gasteiger partial charge in [0.2, 0.25) is 0 Å². The number of aryl methyl sites for hydroxylation is 1. The molecule has 0 fully saturated rings. The topological polar surface area (TPSA) is 30.7 Å². The van der Waals surface area contributed by atoms with Crippen LogP contribution < -0.4 is 0 Å². The first-order chi connectivity index (χ1) is 5.88. The lowest BCUT2D eigenvalue weighted by atomic mass is 10.2. The molecule has 0 saturated heterocycles. The molecule has 0 aliphatic rings. The van der Waals surface area contributed by atoms with Crippen LogP contribution in [-0.4, -0.2) is 14.8 Å². The molecule has 0 radical (unpaired) electrons. The molecule has 68 valence electrons. The SMILES string of the molecule is CCCCCn1ncnc1CCl. The van der Waals surface area contributed by atoms with Crippen LogP contribution in [-0.2, 0) is 12.4 Å². The second-order valence-electron chi connectivity index (χ2n) is 2.74. The van der Waals surface area contributed by atoms with E-state index in [9.17, 15) is 0 Å². The summed E-state index contributed by atoms with van der Waals surface area (Å²) in [7, 11) is 0. The van der Waals surface area contributed by atoms with Crippen LogP contribution in [0.2, 0.25) is 0 Å². The first-order valence-corrected chi connectivity index (χ1v) is 4.84. The molecule has 3 nitrogen and oxygen atoms in total. The third-order valence-corrected chi connectivity index (χ3v) is 2.03. The number of aromatic nitrogens is 3. The molecule has 1 aromatic heterocycles. The number of hydrogen-bond donors (Lipinski definition) is 0. The number of alkyl halides is 1. The van der Waals surface area contributed by atoms with Crippen LogP contribution >= 0.6 is 11.6 Å². The fraction of sp³-hybridized carbons (Fsp3) is 0.750. The van der Waals surface area contributed by atoms with Gasteiger partial charge in [-0.3, -0.25) is 0 Å². The van der Waals surface area contributed by atoms with E-state index in [-0.39, 0.29) is 0 Å². The van der Waals surface area contributed by atoms with Crippen LogP contribution in [0.25, 0.3) is 0 Å². The van der Waals surface area contributed by atoms with Crippen LogP contribution in [0.3, 0.4) is 0 Å². The molecule has 0 aliphatic carbocycles. The summed E-state index contributed by atoms with van der Waals surface area (Å²) in [6.45, 7) is 3.12. The molecule has 1 aromatic rings. The number of nitrogens with zero attached hydrogens (tertiary/aromatic N) is 3. The number of halogens is 1. The first kappa shape index (κ1) is 9.52. The van der Waals surface area contributed by atoms with E-state index in [1.165, 1.54) is 12.8 Å². The van der Waals surface area contributed by atoms with Gasteiger partial charge in [-0.05, 0) is 6.42 Å². The van der Waals surface area contributed by atoms with Gasteiger partial charge in [0, 0.05) is 6.54 Å². The molecular weight excluding hydrogens is 174 g/mol. The van der Waals surface area contributed by atoms with Crippen molar-refractivity contribution in [2.24, 2.45) is 0 Å². The Morgan fingerprint density at radius 1 is 1.50 bits per heavy atom. The Bertz CT molecular complexity index is 222. The molecule has 0 unspecified atom stereocenters. The van der Waals surface area contributed by atoms with Crippen molar-refractivity contribution in [3.05, 3.63) is 12.2 Å². The van der Waals surface area contributed by atoms with Crippen LogP contribution in [0.4, 0.5) is 0 Å². The van der Waals surface area contributed by atoms with Crippen LogP contribution in [0.1, 0.15) is 32.0 Å². The van der Waals surface area contributed by atoms with Crippen LogP contribution in [0.5, 0.6) is 0 Å². The van der Waals surface area contributed by atoms with E-state index in [0.29, 0.717) is 5.88 Å². The Morgan fingerprint density at radius 2 is 2.33 bits per heavy atom. The van der Waals surface area contributed by atoms with Gasteiger partial charge in [-0.15, -0.1) is 11.6 Å². The number of rotatable bonds is 5. The van der Waals surface area contributed by atoms with Crippen molar-refractivity contribution in [3.8, 4) is 0 Å². The molecule has 0 atom stereocenters. The van der Waals surface area contributed by atoms with E-state index in [0.717, 1.165) is 18.8 Å². The predicted molar refractivity (Wildman–Crippen MR) is 49.1 cm³/mol. The molecular formula is C8H14ClN3. The standard InChI is InChI=1S/C8H14ClN3/c1-2-3-4-5-12-8(6-9)10-7-11-12/h7H,2-6H2,1H3. The lowest BCUT2D eigenvalue weighted by Crippen LogP contribution is -2.04. The summed E-state index contributed by atoms with van der Waals surface area (Å²) in [6, 6.07) is 0. The Labute approximate surface area is 77.8 Å². The van der Waals surface area contributed by atoms with Crippen molar-refractivity contribution in [3.63, 3.8) is 0 Å². The zero-order valence-electron chi connectivity index (χ0n) is 7.33. The van der Waals surface area contributed by atoms with Gasteiger partial charge in [0.1, 0.15) is 12.2 Å². The minimum absolute atomic E-state index is 0.451. The second kappa shape index (κ2) is 5.14. The molecule has 0 amide bonds. The van der Waals surface area contributed by atoms with Gasteiger partial charge < -0.3 is 0 Å². The average molecular weight is 188 g/mol. The average Bonchev–Trinajstić information content (AvgIpc) is 2.52. The summed E-state index contributed by atoms with van der Waals surface area (Å²) < 4.78 is 1.88. The van der Waals surface area contributed by atoms with Crippen molar-refractivity contribution in [2.75, 3.05) is 0 Å². The molecule has 0 aliphatic heterocycles. The fourth-order valence-electron chi connectivity index (χ4n) is 1.09. The summed E-state index contributed by atoms with van der Waals surface area (Å²) in [5.74, 6) is 1.32. The highest BCUT2D eigenvalue weighted by atomic mass is 35.5. The van der Waals surface area contributed by atoms with Gasteiger partial charge in [-0.1, -0.05) is 19.8 Å². The Kier molecular flexibility index (Phi) is 4.08. The molecule has 0 aromatic carbocycles. The summed E-state index contributed by atoms with van der Waals surface area (Å²) in [4.78, 5) is 4.03. The minimum Gasteiger partial charge on any atom is -0.249 e. The third kappa shape index (κ3) is 2.48. The normalized spacial score (nSPS) is 10.5. The van der Waals surface area contributed by atoms with Gasteiger partial charge in [-0.2, -0.15) is 5.10 Å². The molecule has 0 spiro atoms. The molecule has 0 bridgehead atoms. The highest BCUT2D eigenvalue weighted by Crippen LogP contribution is 2.02. The maximum atomic E-state index is 5.66. The zero-order chi connectivity index (χ0) is 8.81. The largest absolute Gasteiger partial charge is 0.249 e. The lowest BCUT2D eigenvalue weighted by molar-refractivity contribution is 0.538. The summed E-state index contributed by atoms with van der Waals surface area (Å²) in [5.41, 5.74) is 0. The predicted octanol–water partition coefficient (Wildman–Crippen LogP) is 2.21. The highest BCUT2D eigenvalue weighted by molar-refractivity contribution is 6.16. The molecule has 4 heteroatoms. The van der Waals surface area contributed by atoms with Gasteiger partial charge >= 0.3 is 0 Å². The Morgan fingerprint density at radius 3 is 3.00 bits per heavy atom. The summed E-state index contributed by atoms with van der Waals surface area (Å²) in [6.07, 6.45) is 5.18. The van der Waals surface area contributed by atoms with Crippen molar-refractivity contribution in [1.29, 1.82) is 0 Å². The first-order valence-electron chi connectivity index (χ1n) is 4.31. The third-order valence-electron chi connectivity index (χ3n) is 1.79. The van der Waals surface area contributed by atoms with Crippen molar-refractivity contribution in [2.45, 2.75) is 38.6 Å². The van der Waals surface area contributed by atoms with Crippen molar-refractivity contribution in [1.82, 2.24) is 14.8 Å². The molecule has 0 N–H and O–H groups in total. The quantitative estimate of drug-likeness (QED) is 0.523. The molecule has 12 heavy (non-hydrogen) atoms. The zero-order valence-corrected chi connectivity index (χ0v) is 8.09. The monoisotopic (exact) mass is 187 g/mol. The summed E-state index contributed by atoms with van der Waals surface area (Å²) >= 11 is 5.66. The van der Waals surface area contributed by atoms with Gasteiger partial charge in [0.05, 0.1) is 5.88 Å². The van der Waals surface area contributed by atoms with E-state index >= 15 is 0 Å². The van der Waals surface area contributed by atoms with Crippen molar-refractivity contribution < 1.29 is 0 Å². The maximum absolute atomic E-state index is 5.66. The van der Waals surface area contributed by atoms with E-state index in [4.69, 9.17) is 11.6 Å². The van der Waals surface area contributed by atoms with Crippen molar-refractivity contribution >= 4 is 11.6 Å². The molecule has 0 saturated carbocycles. The van der Waals surface area contributed by atoms with Crippen LogP contribution in [0.15, 0.2) is 6.33 Å². The smallest absolute Gasteiger partial charge is 0.141 e. The van der Waals surface area contributed by atoms with E-state index in [1.54, 1.807) is 6.33 Å². The number of hydrogen-bond acceptors (Lipinski definition) is 2. The lowest BCUT2D eigenvalue weighted by Gasteiger charge is -2.01. The molecule has 1 heterocycles. The second-order valence-corrected chi connectivity index (χ2v) is 3.01. The summed E-state index contributed by atoms with van der Waals surface area (Å²) in [5, 5.41) is 4.08. The molecule has 1 rings (SSSR count). The van der Waals surface area contributed by atoms with E-state index in [2.05, 4.69) is 17.0 Å². The van der Waals surface area contributed by atoms with Crippen LogP contribution in [0, 0.1) is 0 Å². The number of unbranched alkanes of at least 4 members (excludes halogenated alkanes) is 2. The minimum atomic E-state index is 0.451. The van der Waals surface area contributed by atoms with E-state index in [1.807, 2.05) is 4.68 Å². The highest BCUT2D eigenvalue weighted by Gasteiger charge is 2.00. The van der Waals surface area contributed by atoms with E-state index < -0.39 is 0 Å². The fourth-order valence-corrected chi connectivity index (χ4v) is 1.30. The van der Waals surface area contributed by atoms with Gasteiger partial charge in [0.25, 0.3) is 0 Å². The van der Waals surface area contributed by atoms with Gasteiger partial charge in [0.15, 0.2) is 0 Å². The Hall–Kier alpha value is -0.570. The van der Waals surface area contributed by atoms with Gasteiger partial charge in [-0.25, -0.2) is 9.67 Å². The Balaban J connectivity index is 2.39. The maximum Gasteiger partial charge on any atom is 0.141 e.